The molecule has 2 aromatic rings. The molecule has 0 radical (unpaired) electrons. The number of hydrogen-bond acceptors (Lipinski definition) is 3. The van der Waals surface area contributed by atoms with E-state index in [1.165, 1.54) is 7.11 Å². The van der Waals surface area contributed by atoms with Crippen molar-refractivity contribution in [2.75, 3.05) is 12.4 Å². The molecule has 0 heterocycles. The molecular formula is C14H12BrNO2. The van der Waals surface area contributed by atoms with Crippen molar-refractivity contribution in [3.05, 3.63) is 58.6 Å². The molecule has 1 N–H and O–H groups in total. The number of esters is 1. The Bertz CT molecular complexity index is 569. The summed E-state index contributed by atoms with van der Waals surface area (Å²) in [5.74, 6) is -0.356. The van der Waals surface area contributed by atoms with E-state index in [9.17, 15) is 4.79 Å². The number of anilines is 2. The van der Waals surface area contributed by atoms with Crippen LogP contribution in [-0.2, 0) is 4.74 Å². The second-order valence-electron chi connectivity index (χ2n) is 3.64. The monoisotopic (exact) mass is 305 g/mol. The summed E-state index contributed by atoms with van der Waals surface area (Å²) in [5, 5.41) is 3.21. The minimum absolute atomic E-state index is 0.356. The molecule has 4 heteroatoms. The number of methoxy groups -OCH3 is 1. The van der Waals surface area contributed by atoms with Gasteiger partial charge in [0.05, 0.1) is 24.0 Å². The van der Waals surface area contributed by atoms with Crippen molar-refractivity contribution in [2.24, 2.45) is 0 Å². The van der Waals surface area contributed by atoms with E-state index < -0.39 is 0 Å². The summed E-state index contributed by atoms with van der Waals surface area (Å²) < 4.78 is 5.69. The molecule has 3 nitrogen and oxygen atoms in total. The standard InChI is InChI=1S/C14H12BrNO2/c1-18-14(17)10-6-2-4-8-12(10)16-13-9-5-3-7-11(13)15/h2-9,16H,1H3. The average Bonchev–Trinajstić information content (AvgIpc) is 2.41. The topological polar surface area (TPSA) is 38.3 Å². The van der Waals surface area contributed by atoms with Crippen LogP contribution in [-0.4, -0.2) is 13.1 Å². The van der Waals surface area contributed by atoms with Gasteiger partial charge in [-0.25, -0.2) is 4.79 Å². The molecule has 0 aliphatic heterocycles. The van der Waals surface area contributed by atoms with Gasteiger partial charge in [0.1, 0.15) is 0 Å². The van der Waals surface area contributed by atoms with Gasteiger partial charge in [0.25, 0.3) is 0 Å². The first-order valence-electron chi connectivity index (χ1n) is 5.41. The fourth-order valence-electron chi connectivity index (χ4n) is 1.59. The maximum atomic E-state index is 11.6. The number of carbonyl (C=O) groups is 1. The number of rotatable bonds is 3. The first-order chi connectivity index (χ1) is 8.72. The zero-order valence-electron chi connectivity index (χ0n) is 9.81. The molecule has 0 fully saturated rings. The van der Waals surface area contributed by atoms with Crippen LogP contribution >= 0.6 is 15.9 Å². The van der Waals surface area contributed by atoms with Gasteiger partial charge in [-0.2, -0.15) is 0 Å². The summed E-state index contributed by atoms with van der Waals surface area (Å²) in [6.45, 7) is 0. The summed E-state index contributed by atoms with van der Waals surface area (Å²) in [4.78, 5) is 11.6. The van der Waals surface area contributed by atoms with Crippen molar-refractivity contribution in [3.63, 3.8) is 0 Å². The first-order valence-corrected chi connectivity index (χ1v) is 6.20. The smallest absolute Gasteiger partial charge is 0.339 e. The van der Waals surface area contributed by atoms with Crippen molar-refractivity contribution in [2.45, 2.75) is 0 Å². The molecule has 2 aromatic carbocycles. The number of benzene rings is 2. The van der Waals surface area contributed by atoms with Gasteiger partial charge in [-0.15, -0.1) is 0 Å². The van der Waals surface area contributed by atoms with E-state index >= 15 is 0 Å². The van der Waals surface area contributed by atoms with Crippen LogP contribution in [0, 0.1) is 0 Å². The Morgan fingerprint density at radius 2 is 1.67 bits per heavy atom. The van der Waals surface area contributed by atoms with Crippen molar-refractivity contribution in [3.8, 4) is 0 Å². The van der Waals surface area contributed by atoms with Crippen LogP contribution in [0.1, 0.15) is 10.4 Å². The van der Waals surface area contributed by atoms with E-state index in [1.807, 2.05) is 36.4 Å². The number of para-hydroxylation sites is 2. The fraction of sp³-hybridized carbons (Fsp3) is 0.0714. The fourth-order valence-corrected chi connectivity index (χ4v) is 1.97. The Kier molecular flexibility index (Phi) is 3.99. The Balaban J connectivity index is 2.35. The normalized spacial score (nSPS) is 9.89. The minimum Gasteiger partial charge on any atom is -0.465 e. The van der Waals surface area contributed by atoms with Crippen LogP contribution in [0.25, 0.3) is 0 Å². The Labute approximate surface area is 114 Å². The summed E-state index contributed by atoms with van der Waals surface area (Å²) in [6.07, 6.45) is 0. The molecule has 18 heavy (non-hydrogen) atoms. The number of nitrogens with one attached hydrogen (secondary N) is 1. The SMILES string of the molecule is COC(=O)c1ccccc1Nc1ccccc1Br. The zero-order chi connectivity index (χ0) is 13.0. The van der Waals surface area contributed by atoms with Crippen LogP contribution in [0.3, 0.4) is 0 Å². The third-order valence-corrected chi connectivity index (χ3v) is 3.17. The number of ether oxygens (including phenoxy) is 1. The third-order valence-electron chi connectivity index (χ3n) is 2.48. The summed E-state index contributed by atoms with van der Waals surface area (Å²) >= 11 is 3.45. The molecule has 0 aliphatic carbocycles. The first kappa shape index (κ1) is 12.6. The maximum absolute atomic E-state index is 11.6. The Morgan fingerprint density at radius 1 is 1.06 bits per heavy atom. The van der Waals surface area contributed by atoms with Gasteiger partial charge < -0.3 is 10.1 Å². The van der Waals surface area contributed by atoms with Crippen LogP contribution in [0.2, 0.25) is 0 Å². The minimum atomic E-state index is -0.356. The third kappa shape index (κ3) is 2.71. The molecule has 0 unspecified atom stereocenters. The van der Waals surface area contributed by atoms with Gasteiger partial charge in [0.2, 0.25) is 0 Å². The summed E-state index contributed by atoms with van der Waals surface area (Å²) in [6, 6.07) is 15.0. The lowest BCUT2D eigenvalue weighted by molar-refractivity contribution is 0.0602. The lowest BCUT2D eigenvalue weighted by Crippen LogP contribution is -2.05. The number of carbonyl (C=O) groups excluding carboxylic acids is 1. The van der Waals surface area contributed by atoms with Crippen molar-refractivity contribution < 1.29 is 9.53 Å². The maximum Gasteiger partial charge on any atom is 0.339 e. The average molecular weight is 306 g/mol. The van der Waals surface area contributed by atoms with Gasteiger partial charge in [-0.3, -0.25) is 0 Å². The van der Waals surface area contributed by atoms with E-state index in [1.54, 1.807) is 12.1 Å². The van der Waals surface area contributed by atoms with Crippen molar-refractivity contribution in [1.82, 2.24) is 0 Å². The van der Waals surface area contributed by atoms with E-state index in [0.29, 0.717) is 5.56 Å². The van der Waals surface area contributed by atoms with Crippen molar-refractivity contribution in [1.29, 1.82) is 0 Å². The van der Waals surface area contributed by atoms with Crippen LogP contribution in [0.5, 0.6) is 0 Å². The Morgan fingerprint density at radius 3 is 2.33 bits per heavy atom. The lowest BCUT2D eigenvalue weighted by atomic mass is 10.1. The Hall–Kier alpha value is -1.81. The highest BCUT2D eigenvalue weighted by Crippen LogP contribution is 2.27. The van der Waals surface area contributed by atoms with Gasteiger partial charge in [0, 0.05) is 4.47 Å². The molecule has 0 atom stereocenters. The highest BCUT2D eigenvalue weighted by molar-refractivity contribution is 9.10. The second kappa shape index (κ2) is 5.69. The molecule has 92 valence electrons. The summed E-state index contributed by atoms with van der Waals surface area (Å²) in [5.41, 5.74) is 2.13. The zero-order valence-corrected chi connectivity index (χ0v) is 11.4. The number of hydrogen-bond donors (Lipinski definition) is 1. The van der Waals surface area contributed by atoms with Gasteiger partial charge in [-0.05, 0) is 40.2 Å². The summed E-state index contributed by atoms with van der Waals surface area (Å²) in [7, 11) is 1.37. The number of halogens is 1. The molecule has 0 aromatic heterocycles. The predicted molar refractivity (Wildman–Crippen MR) is 75.2 cm³/mol. The van der Waals surface area contributed by atoms with E-state index in [-0.39, 0.29) is 5.97 Å². The van der Waals surface area contributed by atoms with Crippen LogP contribution in [0.4, 0.5) is 11.4 Å². The van der Waals surface area contributed by atoms with Crippen LogP contribution in [0.15, 0.2) is 53.0 Å². The largest absolute Gasteiger partial charge is 0.465 e. The lowest BCUT2D eigenvalue weighted by Gasteiger charge is -2.11. The molecule has 0 spiro atoms. The van der Waals surface area contributed by atoms with E-state index in [2.05, 4.69) is 21.2 Å². The van der Waals surface area contributed by atoms with E-state index in [0.717, 1.165) is 15.8 Å². The highest BCUT2D eigenvalue weighted by Gasteiger charge is 2.11. The molecule has 0 amide bonds. The molecule has 0 bridgehead atoms. The quantitative estimate of drug-likeness (QED) is 0.872. The molecule has 0 aliphatic rings. The van der Waals surface area contributed by atoms with Gasteiger partial charge in [0.15, 0.2) is 0 Å². The molecule has 0 saturated carbocycles. The molecule has 0 saturated heterocycles. The van der Waals surface area contributed by atoms with Crippen molar-refractivity contribution >= 4 is 33.3 Å². The molecular weight excluding hydrogens is 294 g/mol. The van der Waals surface area contributed by atoms with Gasteiger partial charge in [-0.1, -0.05) is 24.3 Å². The second-order valence-corrected chi connectivity index (χ2v) is 4.50. The van der Waals surface area contributed by atoms with Gasteiger partial charge >= 0.3 is 5.97 Å². The van der Waals surface area contributed by atoms with Crippen LogP contribution < -0.4 is 5.32 Å². The van der Waals surface area contributed by atoms with E-state index in [4.69, 9.17) is 4.74 Å². The predicted octanol–water partition coefficient (Wildman–Crippen LogP) is 3.98. The highest BCUT2D eigenvalue weighted by atomic mass is 79.9. The molecule has 2 rings (SSSR count).